The monoisotopic (exact) mass is 374 g/mol. The Bertz CT molecular complexity index is 453. The summed E-state index contributed by atoms with van der Waals surface area (Å²) in [5, 5.41) is 0. The molecule has 0 aromatic heterocycles. The molecule has 0 saturated heterocycles. The summed E-state index contributed by atoms with van der Waals surface area (Å²) in [5.74, 6) is 0. The quantitative estimate of drug-likeness (QED) is 0.402. The third kappa shape index (κ3) is 5.62. The molecule has 0 spiro atoms. The topological polar surface area (TPSA) is 18.5 Å². The van der Waals surface area contributed by atoms with Crippen molar-refractivity contribution >= 4 is 38.5 Å². The number of hydrogen-bond donors (Lipinski definition) is 0. The predicted octanol–water partition coefficient (Wildman–Crippen LogP) is 4.32. The number of rotatable bonds is 7. The zero-order valence-corrected chi connectivity index (χ0v) is 20.0. The van der Waals surface area contributed by atoms with Crippen molar-refractivity contribution in [3.63, 3.8) is 0 Å². The first-order valence-electron chi connectivity index (χ1n) is 7.96. The van der Waals surface area contributed by atoms with Crippen LogP contribution < -0.4 is 0 Å². The Labute approximate surface area is 146 Å². The molecular formula is C16H31ClO2Si3. The molecule has 1 rings (SSSR count). The number of hydrogen-bond acceptors (Lipinski definition) is 2. The van der Waals surface area contributed by atoms with Crippen LogP contribution in [-0.2, 0) is 13.7 Å². The second kappa shape index (κ2) is 7.32. The van der Waals surface area contributed by atoms with Crippen molar-refractivity contribution in [1.82, 2.24) is 0 Å². The van der Waals surface area contributed by atoms with Crippen molar-refractivity contribution in [3.05, 3.63) is 35.9 Å². The van der Waals surface area contributed by atoms with E-state index in [1.165, 1.54) is 0 Å². The highest BCUT2D eigenvalue weighted by atomic mass is 35.5. The maximum atomic E-state index is 7.21. The van der Waals surface area contributed by atoms with E-state index in [2.05, 4.69) is 58.3 Å². The van der Waals surface area contributed by atoms with Crippen LogP contribution >= 0.6 is 11.6 Å². The molecule has 0 heterocycles. The van der Waals surface area contributed by atoms with Gasteiger partial charge in [-0.15, -0.1) is 11.6 Å². The van der Waals surface area contributed by atoms with Gasteiger partial charge in [-0.2, -0.15) is 0 Å². The van der Waals surface area contributed by atoms with E-state index >= 15 is 0 Å². The number of halogens is 1. The lowest BCUT2D eigenvalue weighted by Crippen LogP contribution is -2.50. The fourth-order valence-electron chi connectivity index (χ4n) is 2.27. The zero-order chi connectivity index (χ0) is 17.2. The minimum Gasteiger partial charge on any atom is -0.392 e. The van der Waals surface area contributed by atoms with Crippen LogP contribution in [0, 0.1) is 0 Å². The van der Waals surface area contributed by atoms with Gasteiger partial charge in [-0.1, -0.05) is 37.3 Å². The summed E-state index contributed by atoms with van der Waals surface area (Å²) in [6.45, 7) is 15.3. The third-order valence-electron chi connectivity index (χ3n) is 3.32. The molecule has 0 fully saturated rings. The summed E-state index contributed by atoms with van der Waals surface area (Å²) in [6, 6.07) is 10.3. The molecule has 0 radical (unpaired) electrons. The van der Waals surface area contributed by atoms with Crippen LogP contribution in [-0.4, -0.2) is 33.2 Å². The van der Waals surface area contributed by atoms with Crippen LogP contribution in [0.25, 0.3) is 0 Å². The van der Waals surface area contributed by atoms with Crippen LogP contribution in [0.1, 0.15) is 12.5 Å². The van der Waals surface area contributed by atoms with Gasteiger partial charge in [0.2, 0.25) is 0 Å². The molecule has 2 atom stereocenters. The summed E-state index contributed by atoms with van der Waals surface area (Å²) >= 11 is 7.21. The Kier molecular flexibility index (Phi) is 6.70. The maximum absolute atomic E-state index is 7.21. The van der Waals surface area contributed by atoms with Gasteiger partial charge in [0.05, 0.1) is 0 Å². The molecule has 126 valence electrons. The van der Waals surface area contributed by atoms with Gasteiger partial charge in [0.15, 0.2) is 22.9 Å². The fourth-order valence-corrected chi connectivity index (χ4v) is 5.09. The van der Waals surface area contributed by atoms with Crippen LogP contribution in [0.3, 0.4) is 0 Å². The highest BCUT2D eigenvalue weighted by molar-refractivity contribution is 6.71. The molecule has 0 amide bonds. The van der Waals surface area contributed by atoms with Gasteiger partial charge in [0, 0.05) is 10.2 Å². The van der Waals surface area contributed by atoms with E-state index in [0.29, 0.717) is 5.54 Å². The van der Waals surface area contributed by atoms with Crippen molar-refractivity contribution in [2.24, 2.45) is 0 Å². The average molecular weight is 375 g/mol. The normalized spacial score (nSPS) is 17.5. The molecule has 0 aliphatic carbocycles. The van der Waals surface area contributed by atoms with Gasteiger partial charge in [0.25, 0.3) is 0 Å². The summed E-state index contributed by atoms with van der Waals surface area (Å²) in [7, 11) is -2.58. The van der Waals surface area contributed by atoms with E-state index in [4.69, 9.17) is 20.5 Å². The molecular weight excluding hydrogens is 344 g/mol. The van der Waals surface area contributed by atoms with Crippen molar-refractivity contribution in [3.8, 4) is 0 Å². The Balaban J connectivity index is 3.31. The Morgan fingerprint density at radius 3 is 1.68 bits per heavy atom. The largest absolute Gasteiger partial charge is 0.392 e. The molecule has 0 N–H and O–H groups in total. The van der Waals surface area contributed by atoms with Gasteiger partial charge in [-0.25, -0.2) is 0 Å². The van der Waals surface area contributed by atoms with Crippen LogP contribution in [0.2, 0.25) is 44.8 Å². The molecule has 2 unspecified atom stereocenters. The molecule has 0 aliphatic rings. The lowest BCUT2D eigenvalue weighted by molar-refractivity contribution is -0.0441. The van der Waals surface area contributed by atoms with E-state index in [0.717, 1.165) is 15.8 Å². The first kappa shape index (κ1) is 20.1. The van der Waals surface area contributed by atoms with E-state index < -0.39 is 21.5 Å². The van der Waals surface area contributed by atoms with E-state index in [-0.39, 0.29) is 6.29 Å². The number of benzene rings is 1. The van der Waals surface area contributed by atoms with Crippen LogP contribution in [0.15, 0.2) is 30.3 Å². The van der Waals surface area contributed by atoms with Crippen LogP contribution in [0.4, 0.5) is 0 Å². The Morgan fingerprint density at radius 2 is 1.36 bits per heavy atom. The third-order valence-corrected chi connectivity index (χ3v) is 7.27. The smallest absolute Gasteiger partial charge is 0.187 e. The lowest BCUT2D eigenvalue weighted by Gasteiger charge is -2.44. The van der Waals surface area contributed by atoms with Gasteiger partial charge in [-0.05, 0) is 50.4 Å². The summed E-state index contributed by atoms with van der Waals surface area (Å²) in [4.78, 5) is -0.617. The highest BCUT2D eigenvalue weighted by Crippen LogP contribution is 2.45. The molecule has 1 aromatic carbocycles. The Morgan fingerprint density at radius 1 is 0.955 bits per heavy atom. The van der Waals surface area contributed by atoms with E-state index in [9.17, 15) is 0 Å². The van der Waals surface area contributed by atoms with E-state index in [1.54, 1.807) is 0 Å². The average Bonchev–Trinajstić information content (AvgIpc) is 2.34. The minimum absolute atomic E-state index is 0.328. The summed E-state index contributed by atoms with van der Waals surface area (Å²) in [5.41, 5.74) is 1.43. The van der Waals surface area contributed by atoms with Crippen molar-refractivity contribution < 1.29 is 8.85 Å². The van der Waals surface area contributed by atoms with Crippen molar-refractivity contribution in [1.29, 1.82) is 0 Å². The fraction of sp³-hybridized carbons (Fsp3) is 0.625. The number of alkyl halides is 1. The van der Waals surface area contributed by atoms with Crippen molar-refractivity contribution in [2.75, 3.05) is 0 Å². The highest BCUT2D eigenvalue weighted by Gasteiger charge is 2.46. The zero-order valence-electron chi connectivity index (χ0n) is 15.2. The van der Waals surface area contributed by atoms with Crippen LogP contribution in [0.5, 0.6) is 0 Å². The molecule has 22 heavy (non-hydrogen) atoms. The summed E-state index contributed by atoms with van der Waals surface area (Å²) in [6.07, 6.45) is -0.387. The molecule has 0 saturated carbocycles. The second-order valence-electron chi connectivity index (χ2n) is 8.08. The van der Waals surface area contributed by atoms with Gasteiger partial charge in [0.1, 0.15) is 4.87 Å². The second-order valence-corrected chi connectivity index (χ2v) is 19.4. The predicted molar refractivity (Wildman–Crippen MR) is 106 cm³/mol. The van der Waals surface area contributed by atoms with Gasteiger partial charge in [-0.3, -0.25) is 0 Å². The molecule has 0 bridgehead atoms. The molecule has 1 aromatic rings. The first-order valence-corrected chi connectivity index (χ1v) is 16.3. The van der Waals surface area contributed by atoms with Gasteiger partial charge >= 0.3 is 0 Å². The molecule has 2 nitrogen and oxygen atoms in total. The maximum Gasteiger partial charge on any atom is 0.187 e. The molecule has 6 heteroatoms. The standard InChI is InChI=1S/C16H31ClO2Si3/c1-13(20)16(17,14-11-9-8-10-12-14)15(18-21(2,3)4)19-22(5,6)7/h8-13,15H,1-7,20H3. The minimum atomic E-state index is -1.78. The Hall–Kier alpha value is 0.0806. The molecule has 0 aliphatic heterocycles. The first-order chi connectivity index (χ1) is 9.86. The van der Waals surface area contributed by atoms with E-state index in [1.807, 2.05) is 18.2 Å². The van der Waals surface area contributed by atoms with Gasteiger partial charge < -0.3 is 8.85 Å². The summed E-state index contributed by atoms with van der Waals surface area (Å²) < 4.78 is 12.9. The lowest BCUT2D eigenvalue weighted by atomic mass is 9.94. The van der Waals surface area contributed by atoms with Crippen molar-refractivity contribution in [2.45, 2.75) is 62.9 Å². The SMILES string of the molecule is CC([SiH3])C(Cl)(c1ccccc1)C(O[Si](C)(C)C)O[Si](C)(C)C.